The lowest BCUT2D eigenvalue weighted by Gasteiger charge is -2.30. The van der Waals surface area contributed by atoms with Crippen molar-refractivity contribution in [1.29, 1.82) is 0 Å². The molecule has 0 heterocycles. The molecule has 0 spiro atoms. The van der Waals surface area contributed by atoms with Crippen molar-refractivity contribution in [2.75, 3.05) is 33.1 Å². The van der Waals surface area contributed by atoms with Gasteiger partial charge in [0.05, 0.1) is 19.8 Å². The largest absolute Gasteiger partial charge is 0.445 e. The molecular weight excluding hydrogens is 426 g/mol. The molecule has 8 nitrogen and oxygen atoms in total. The smallest absolute Gasteiger partial charge is 0.408 e. The van der Waals surface area contributed by atoms with E-state index in [9.17, 15) is 13.9 Å². The van der Waals surface area contributed by atoms with Crippen LogP contribution in [0.4, 0.5) is 4.79 Å². The molecule has 0 bridgehead atoms. The van der Waals surface area contributed by atoms with E-state index in [0.29, 0.717) is 0 Å². The van der Waals surface area contributed by atoms with Gasteiger partial charge in [0.2, 0.25) is 16.7 Å². The van der Waals surface area contributed by atoms with Crippen LogP contribution in [-0.4, -0.2) is 48.5 Å². The van der Waals surface area contributed by atoms with Gasteiger partial charge < -0.3 is 18.3 Å². The molecule has 24 heavy (non-hydrogen) atoms. The molecule has 144 valence electrons. The van der Waals surface area contributed by atoms with Gasteiger partial charge in [0.25, 0.3) is 0 Å². The van der Waals surface area contributed by atoms with E-state index in [1.165, 1.54) is 6.66 Å². The number of hydrogen-bond acceptors (Lipinski definition) is 7. The first-order valence-electron chi connectivity index (χ1n) is 7.02. The summed E-state index contributed by atoms with van der Waals surface area (Å²) in [4.78, 5) is 11.9. The topological polar surface area (TPSA) is 100 Å². The van der Waals surface area contributed by atoms with Crippen molar-refractivity contribution in [1.82, 2.24) is 5.32 Å². The van der Waals surface area contributed by atoms with Gasteiger partial charge in [0, 0.05) is 6.66 Å². The molecule has 0 saturated heterocycles. The fourth-order valence-corrected chi connectivity index (χ4v) is 6.77. The third kappa shape index (κ3) is 8.72. The molecule has 1 amide bonds. The summed E-state index contributed by atoms with van der Waals surface area (Å²) in [6, 6.07) is 0. The Bertz CT molecular complexity index is 490. The summed E-state index contributed by atoms with van der Waals surface area (Å²) in [6.45, 7) is 5.47. The van der Waals surface area contributed by atoms with Gasteiger partial charge in [-0.3, -0.25) is 14.4 Å². The van der Waals surface area contributed by atoms with Crippen LogP contribution in [0.1, 0.15) is 20.8 Å². The van der Waals surface area contributed by atoms with Crippen molar-refractivity contribution in [2.45, 2.75) is 30.1 Å². The highest BCUT2D eigenvalue weighted by Crippen LogP contribution is 2.67. The molecule has 0 rings (SSSR count). The van der Waals surface area contributed by atoms with Gasteiger partial charge in [-0.2, -0.15) is 0 Å². The highest BCUT2D eigenvalue weighted by Gasteiger charge is 2.48. The molecule has 0 aromatic carbocycles. The van der Waals surface area contributed by atoms with Crippen LogP contribution in [0.2, 0.25) is 0 Å². The Kier molecular flexibility index (Phi) is 10.8. The predicted octanol–water partition coefficient (Wildman–Crippen LogP) is 4.58. The zero-order chi connectivity index (χ0) is 19.0. The number of rotatable bonds is 10. The molecular formula is C11H22Cl3NO7P2. The summed E-state index contributed by atoms with van der Waals surface area (Å²) < 4.78 is 44.0. The zero-order valence-electron chi connectivity index (χ0n) is 13.8. The van der Waals surface area contributed by atoms with Crippen LogP contribution < -0.4 is 5.32 Å². The fraction of sp³-hybridized carbons (Fsp3) is 0.909. The molecule has 0 aliphatic carbocycles. The van der Waals surface area contributed by atoms with E-state index >= 15 is 0 Å². The summed E-state index contributed by atoms with van der Waals surface area (Å²) >= 11 is 16.5. The number of carbonyl (C=O) groups is 1. The van der Waals surface area contributed by atoms with Crippen molar-refractivity contribution in [3.8, 4) is 0 Å². The average Bonchev–Trinajstić information content (AvgIpc) is 2.42. The molecule has 0 saturated carbocycles. The molecule has 13 heteroatoms. The second-order valence-corrected chi connectivity index (χ2v) is 12.0. The first kappa shape index (κ1) is 24.5. The zero-order valence-corrected chi connectivity index (χ0v) is 17.8. The number of nitrogens with one attached hydrogen (secondary N) is 1. The Hall–Kier alpha value is 0.480. The van der Waals surface area contributed by atoms with E-state index < -0.39 is 37.0 Å². The van der Waals surface area contributed by atoms with E-state index in [1.54, 1.807) is 20.8 Å². The maximum Gasteiger partial charge on any atom is 0.408 e. The molecule has 2 unspecified atom stereocenters. The van der Waals surface area contributed by atoms with Crippen molar-refractivity contribution in [3.05, 3.63) is 0 Å². The Labute approximate surface area is 156 Å². The lowest BCUT2D eigenvalue weighted by molar-refractivity contribution is 0.145. The van der Waals surface area contributed by atoms with Crippen LogP contribution in [0.25, 0.3) is 0 Å². The van der Waals surface area contributed by atoms with Crippen LogP contribution in [0.5, 0.6) is 0 Å². The van der Waals surface area contributed by atoms with Crippen LogP contribution in [0, 0.1) is 0 Å². The fourth-order valence-electron chi connectivity index (χ4n) is 1.61. The quantitative estimate of drug-likeness (QED) is 0.386. The van der Waals surface area contributed by atoms with Gasteiger partial charge in [-0.05, 0) is 20.8 Å². The molecule has 0 radical (unpaired) electrons. The summed E-state index contributed by atoms with van der Waals surface area (Å²) in [5.41, 5.74) is -1.56. The number of halogens is 3. The highest BCUT2D eigenvalue weighted by atomic mass is 35.6. The molecule has 0 aromatic heterocycles. The maximum atomic E-state index is 12.9. The van der Waals surface area contributed by atoms with Crippen molar-refractivity contribution < 1.29 is 32.2 Å². The first-order chi connectivity index (χ1) is 10.9. The first-order valence-corrected chi connectivity index (χ1v) is 11.9. The Balaban J connectivity index is 5.44. The Morgan fingerprint density at radius 3 is 1.88 bits per heavy atom. The normalized spacial score (nSPS) is 16.3. The second kappa shape index (κ2) is 10.6. The number of hydrogen-bond donors (Lipinski definition) is 1. The highest BCUT2D eigenvalue weighted by molar-refractivity contribution is 7.74. The van der Waals surface area contributed by atoms with Crippen LogP contribution in [0.3, 0.4) is 0 Å². The van der Waals surface area contributed by atoms with E-state index in [4.69, 9.17) is 53.1 Å². The molecule has 0 aromatic rings. The number of carbonyl (C=O) groups excluding carboxylic acids is 1. The summed E-state index contributed by atoms with van der Waals surface area (Å²) in [5.74, 6) is 0. The Morgan fingerprint density at radius 2 is 1.50 bits per heavy atom. The minimum Gasteiger partial charge on any atom is -0.445 e. The van der Waals surface area contributed by atoms with Crippen molar-refractivity contribution in [3.63, 3.8) is 0 Å². The standard InChI is InChI=1S/C11H22Cl3NO7P2/c1-5-20-23(4,17)10(24(18,21-6-2)22-7-3)15-9(16)19-8-11(12,13)14/h10H,5-8H2,1-4H3,(H,15,16). The monoisotopic (exact) mass is 447 g/mol. The van der Waals surface area contributed by atoms with E-state index in [1.807, 2.05) is 0 Å². The predicted molar refractivity (Wildman–Crippen MR) is 94.6 cm³/mol. The van der Waals surface area contributed by atoms with Gasteiger partial charge in [0.1, 0.15) is 6.61 Å². The van der Waals surface area contributed by atoms with E-state index in [2.05, 4.69) is 5.32 Å². The number of ether oxygens (including phenoxy) is 1. The molecule has 2 atom stereocenters. The summed E-state index contributed by atoms with van der Waals surface area (Å²) in [7, 11) is -7.62. The van der Waals surface area contributed by atoms with Gasteiger partial charge in [-0.15, -0.1) is 0 Å². The third-order valence-electron chi connectivity index (χ3n) is 2.36. The number of alkyl halides is 3. The van der Waals surface area contributed by atoms with E-state index in [0.717, 1.165) is 0 Å². The molecule has 0 aliphatic rings. The molecule has 1 N–H and O–H groups in total. The molecule has 0 fully saturated rings. The summed E-state index contributed by atoms with van der Waals surface area (Å²) in [6.07, 6.45) is -1.10. The summed E-state index contributed by atoms with van der Waals surface area (Å²) in [5, 5.41) is 2.19. The maximum absolute atomic E-state index is 12.9. The number of alkyl carbamates (subject to hydrolysis) is 1. The minimum absolute atomic E-state index is 0.00474. The van der Waals surface area contributed by atoms with Crippen LogP contribution in [-0.2, 0) is 27.4 Å². The van der Waals surface area contributed by atoms with Crippen LogP contribution in [0.15, 0.2) is 0 Å². The average molecular weight is 449 g/mol. The number of amides is 1. The minimum atomic E-state index is -4.00. The van der Waals surface area contributed by atoms with Crippen molar-refractivity contribution in [2.24, 2.45) is 0 Å². The van der Waals surface area contributed by atoms with Gasteiger partial charge in [-0.25, -0.2) is 4.79 Å². The lowest BCUT2D eigenvalue weighted by atomic mass is 10.8. The lowest BCUT2D eigenvalue weighted by Crippen LogP contribution is -2.37. The molecule has 0 aliphatic heterocycles. The third-order valence-corrected chi connectivity index (χ3v) is 8.55. The van der Waals surface area contributed by atoms with Gasteiger partial charge >= 0.3 is 13.7 Å². The second-order valence-electron chi connectivity index (χ2n) is 4.41. The van der Waals surface area contributed by atoms with Crippen molar-refractivity contribution >= 4 is 55.9 Å². The van der Waals surface area contributed by atoms with Gasteiger partial charge in [-0.1, -0.05) is 34.8 Å². The van der Waals surface area contributed by atoms with Gasteiger partial charge in [0.15, 0.2) is 0 Å². The Morgan fingerprint density at radius 1 is 1.04 bits per heavy atom. The SMILES string of the molecule is CCOP(C)(=O)C(NC(=O)OCC(Cl)(Cl)Cl)P(=O)(OCC)OCC. The van der Waals surface area contributed by atoms with Crippen LogP contribution >= 0.6 is 49.8 Å². The van der Waals surface area contributed by atoms with E-state index in [-0.39, 0.29) is 19.8 Å².